The van der Waals surface area contributed by atoms with Crippen molar-refractivity contribution in [2.75, 3.05) is 4.72 Å². The molecule has 0 amide bonds. The Kier molecular flexibility index (Phi) is 4.33. The van der Waals surface area contributed by atoms with Gasteiger partial charge in [-0.1, -0.05) is 22.0 Å². The summed E-state index contributed by atoms with van der Waals surface area (Å²) in [4.78, 5) is 10.5. The zero-order valence-corrected chi connectivity index (χ0v) is 13.3. The maximum Gasteiger partial charge on any atom is 0.325 e. The molecule has 1 heterocycles. The summed E-state index contributed by atoms with van der Waals surface area (Å²) in [6.45, 7) is 1.38. The molecule has 0 aliphatic carbocycles. The molecule has 7 nitrogen and oxygen atoms in total. The SMILES string of the molecule is Cc1ccc(Br)cc1NS(=O)(=O)c1cnn(CC(=O)O)c1. The molecule has 2 rings (SSSR count). The summed E-state index contributed by atoms with van der Waals surface area (Å²) >= 11 is 3.27. The van der Waals surface area contributed by atoms with Crippen LogP contribution < -0.4 is 4.72 Å². The highest BCUT2D eigenvalue weighted by Gasteiger charge is 2.18. The zero-order chi connectivity index (χ0) is 15.6. The minimum Gasteiger partial charge on any atom is -0.480 e. The van der Waals surface area contributed by atoms with Gasteiger partial charge in [-0.05, 0) is 24.6 Å². The van der Waals surface area contributed by atoms with Crippen LogP contribution in [0, 0.1) is 6.92 Å². The lowest BCUT2D eigenvalue weighted by Crippen LogP contribution is -2.13. The molecule has 0 saturated carbocycles. The fourth-order valence-electron chi connectivity index (χ4n) is 1.62. The van der Waals surface area contributed by atoms with Crippen molar-refractivity contribution in [3.63, 3.8) is 0 Å². The van der Waals surface area contributed by atoms with Gasteiger partial charge in [0.1, 0.15) is 11.4 Å². The number of benzene rings is 1. The Morgan fingerprint density at radius 1 is 1.48 bits per heavy atom. The fraction of sp³-hybridized carbons (Fsp3) is 0.167. The van der Waals surface area contributed by atoms with Gasteiger partial charge >= 0.3 is 5.97 Å². The van der Waals surface area contributed by atoms with Gasteiger partial charge in [0, 0.05) is 10.7 Å². The normalized spacial score (nSPS) is 11.3. The number of carboxylic acid groups (broad SMARTS) is 1. The number of rotatable bonds is 5. The number of halogens is 1. The molecule has 112 valence electrons. The molecule has 0 aliphatic heterocycles. The Bertz CT molecular complexity index is 786. The van der Waals surface area contributed by atoms with Crippen molar-refractivity contribution in [3.8, 4) is 0 Å². The van der Waals surface area contributed by atoms with E-state index in [1.165, 1.54) is 6.20 Å². The fourth-order valence-corrected chi connectivity index (χ4v) is 3.05. The van der Waals surface area contributed by atoms with Crippen molar-refractivity contribution in [1.29, 1.82) is 0 Å². The van der Waals surface area contributed by atoms with Crippen LogP contribution in [0.3, 0.4) is 0 Å². The number of aromatic nitrogens is 2. The summed E-state index contributed by atoms with van der Waals surface area (Å²) in [5.74, 6) is -1.10. The van der Waals surface area contributed by atoms with Gasteiger partial charge in [0.15, 0.2) is 0 Å². The van der Waals surface area contributed by atoms with Gasteiger partial charge in [-0.15, -0.1) is 0 Å². The van der Waals surface area contributed by atoms with E-state index in [1.807, 2.05) is 0 Å². The molecule has 21 heavy (non-hydrogen) atoms. The average Bonchev–Trinajstić information content (AvgIpc) is 2.82. The van der Waals surface area contributed by atoms with Crippen LogP contribution in [0.15, 0.2) is 40.0 Å². The highest BCUT2D eigenvalue weighted by molar-refractivity contribution is 9.10. The number of aryl methyl sites for hydroxylation is 1. The van der Waals surface area contributed by atoms with Crippen molar-refractivity contribution in [2.24, 2.45) is 0 Å². The van der Waals surface area contributed by atoms with Gasteiger partial charge < -0.3 is 5.11 Å². The summed E-state index contributed by atoms with van der Waals surface area (Å²) in [6, 6.07) is 5.22. The van der Waals surface area contributed by atoms with E-state index in [0.29, 0.717) is 5.69 Å². The highest BCUT2D eigenvalue weighted by Crippen LogP contribution is 2.23. The molecule has 1 aromatic carbocycles. The number of carbonyl (C=O) groups is 1. The van der Waals surface area contributed by atoms with Crippen LogP contribution in [-0.4, -0.2) is 29.3 Å². The van der Waals surface area contributed by atoms with E-state index in [2.05, 4.69) is 25.8 Å². The number of hydrogen-bond acceptors (Lipinski definition) is 4. The second-order valence-corrected chi connectivity index (χ2v) is 6.93. The monoisotopic (exact) mass is 373 g/mol. The van der Waals surface area contributed by atoms with Gasteiger partial charge in [-0.3, -0.25) is 14.2 Å². The lowest BCUT2D eigenvalue weighted by atomic mass is 10.2. The summed E-state index contributed by atoms with van der Waals surface area (Å²) in [5.41, 5.74) is 1.20. The third kappa shape index (κ3) is 3.82. The first-order chi connectivity index (χ1) is 9.78. The van der Waals surface area contributed by atoms with Crippen LogP contribution in [0.25, 0.3) is 0 Å². The van der Waals surface area contributed by atoms with Crippen molar-refractivity contribution < 1.29 is 18.3 Å². The predicted molar refractivity (Wildman–Crippen MR) is 79.6 cm³/mol. The van der Waals surface area contributed by atoms with E-state index in [9.17, 15) is 13.2 Å². The van der Waals surface area contributed by atoms with Gasteiger partial charge in [-0.25, -0.2) is 8.42 Å². The van der Waals surface area contributed by atoms with Crippen LogP contribution >= 0.6 is 15.9 Å². The standard InChI is InChI=1S/C12H12BrN3O4S/c1-8-2-3-9(13)4-11(8)15-21(19,20)10-5-14-16(6-10)7-12(17)18/h2-6,15H,7H2,1H3,(H,17,18). The molecule has 0 bridgehead atoms. The molecule has 0 atom stereocenters. The van der Waals surface area contributed by atoms with E-state index in [-0.39, 0.29) is 4.90 Å². The number of anilines is 1. The first kappa shape index (κ1) is 15.5. The zero-order valence-electron chi connectivity index (χ0n) is 10.9. The van der Waals surface area contributed by atoms with E-state index < -0.39 is 22.5 Å². The Hall–Kier alpha value is -1.87. The second kappa shape index (κ2) is 5.86. The van der Waals surface area contributed by atoms with Crippen molar-refractivity contribution in [1.82, 2.24) is 9.78 Å². The van der Waals surface area contributed by atoms with E-state index in [4.69, 9.17) is 5.11 Å². The molecule has 2 aromatic rings. The molecule has 0 saturated heterocycles. The van der Waals surface area contributed by atoms with Gasteiger partial charge in [-0.2, -0.15) is 5.10 Å². The number of hydrogen-bond donors (Lipinski definition) is 2. The first-order valence-corrected chi connectivity index (χ1v) is 8.09. The average molecular weight is 374 g/mol. The van der Waals surface area contributed by atoms with E-state index in [0.717, 1.165) is 20.9 Å². The molecule has 2 N–H and O–H groups in total. The van der Waals surface area contributed by atoms with Crippen LogP contribution in [0.2, 0.25) is 0 Å². The predicted octanol–water partition coefficient (Wildman–Crippen LogP) is 1.84. The molecule has 0 radical (unpaired) electrons. The van der Waals surface area contributed by atoms with Gasteiger partial charge in [0.2, 0.25) is 0 Å². The molecule has 0 aliphatic rings. The topological polar surface area (TPSA) is 101 Å². The molecule has 0 fully saturated rings. The van der Waals surface area contributed by atoms with Crippen LogP contribution in [0.4, 0.5) is 5.69 Å². The summed E-state index contributed by atoms with van der Waals surface area (Å²) in [5, 5.41) is 12.4. The third-order valence-electron chi connectivity index (χ3n) is 2.66. The maximum atomic E-state index is 12.2. The highest BCUT2D eigenvalue weighted by atomic mass is 79.9. The molecule has 0 unspecified atom stereocenters. The Balaban J connectivity index is 2.28. The minimum atomic E-state index is -3.81. The Labute approximate surface area is 129 Å². The number of carboxylic acids is 1. The van der Waals surface area contributed by atoms with Crippen molar-refractivity contribution in [3.05, 3.63) is 40.6 Å². The molecule has 1 aromatic heterocycles. The summed E-state index contributed by atoms with van der Waals surface area (Å²) in [7, 11) is -3.81. The quantitative estimate of drug-likeness (QED) is 0.832. The number of aliphatic carboxylic acids is 1. The largest absolute Gasteiger partial charge is 0.480 e. The maximum absolute atomic E-state index is 12.2. The second-order valence-electron chi connectivity index (χ2n) is 4.33. The van der Waals surface area contributed by atoms with Crippen LogP contribution in [0.1, 0.15) is 5.56 Å². The Morgan fingerprint density at radius 2 is 2.19 bits per heavy atom. The summed E-state index contributed by atoms with van der Waals surface area (Å²) in [6.07, 6.45) is 2.28. The minimum absolute atomic E-state index is 0.0943. The van der Waals surface area contributed by atoms with E-state index >= 15 is 0 Å². The smallest absolute Gasteiger partial charge is 0.325 e. The summed E-state index contributed by atoms with van der Waals surface area (Å²) < 4.78 is 28.7. The van der Waals surface area contributed by atoms with Crippen LogP contribution in [0.5, 0.6) is 0 Å². The van der Waals surface area contributed by atoms with E-state index in [1.54, 1.807) is 25.1 Å². The lowest BCUT2D eigenvalue weighted by molar-refractivity contribution is -0.137. The molecule has 0 spiro atoms. The number of sulfonamides is 1. The number of nitrogens with one attached hydrogen (secondary N) is 1. The number of nitrogens with zero attached hydrogens (tertiary/aromatic N) is 2. The molecule has 9 heteroatoms. The molecular weight excluding hydrogens is 362 g/mol. The molecular formula is C12H12BrN3O4S. The van der Waals surface area contributed by atoms with Crippen molar-refractivity contribution in [2.45, 2.75) is 18.4 Å². The third-order valence-corrected chi connectivity index (χ3v) is 4.47. The first-order valence-electron chi connectivity index (χ1n) is 5.81. The van der Waals surface area contributed by atoms with Gasteiger partial charge in [0.25, 0.3) is 10.0 Å². The Morgan fingerprint density at radius 3 is 2.86 bits per heavy atom. The van der Waals surface area contributed by atoms with Crippen LogP contribution in [-0.2, 0) is 21.4 Å². The van der Waals surface area contributed by atoms with Gasteiger partial charge in [0.05, 0.1) is 11.9 Å². The van der Waals surface area contributed by atoms with Crippen molar-refractivity contribution >= 4 is 37.6 Å². The lowest BCUT2D eigenvalue weighted by Gasteiger charge is -2.09.